The van der Waals surface area contributed by atoms with Crippen LogP contribution in [0.3, 0.4) is 0 Å². The third kappa shape index (κ3) is 3.23. The van der Waals surface area contributed by atoms with Gasteiger partial charge in [0.1, 0.15) is 11.4 Å². The van der Waals surface area contributed by atoms with Crippen molar-refractivity contribution in [1.82, 2.24) is 9.78 Å². The normalized spacial score (nSPS) is 11.0. The highest BCUT2D eigenvalue weighted by atomic mass is 15.3. The third-order valence-electron chi connectivity index (χ3n) is 3.83. The Balaban J connectivity index is 1.82. The molecule has 1 heterocycles. The van der Waals surface area contributed by atoms with Crippen LogP contribution in [0.5, 0.6) is 0 Å². The smallest absolute Gasteiger partial charge is 0.132 e. The van der Waals surface area contributed by atoms with E-state index in [1.165, 1.54) is 0 Å². The maximum absolute atomic E-state index is 4.54. The average molecular weight is 324 g/mol. The second-order valence-electron chi connectivity index (χ2n) is 5.53. The molecule has 120 valence electrons. The van der Waals surface area contributed by atoms with E-state index in [0.29, 0.717) is 0 Å². The van der Waals surface area contributed by atoms with Gasteiger partial charge in [-0.3, -0.25) is 0 Å². The molecule has 4 rings (SSSR count). The Morgan fingerprint density at radius 3 is 1.92 bits per heavy atom. The van der Waals surface area contributed by atoms with E-state index in [1.807, 2.05) is 83.5 Å². The summed E-state index contributed by atoms with van der Waals surface area (Å²) in [6, 6.07) is 29.9. The van der Waals surface area contributed by atoms with Gasteiger partial charge >= 0.3 is 0 Å². The van der Waals surface area contributed by atoms with Gasteiger partial charge in [0.25, 0.3) is 0 Å². The fourth-order valence-electron chi connectivity index (χ4n) is 2.65. The molecule has 0 N–H and O–H groups in total. The molecule has 0 spiro atoms. The number of azo groups is 1. The van der Waals surface area contributed by atoms with E-state index in [-0.39, 0.29) is 0 Å². The molecular weight excluding hydrogens is 308 g/mol. The lowest BCUT2D eigenvalue weighted by Gasteiger charge is -2.08. The van der Waals surface area contributed by atoms with Crippen molar-refractivity contribution in [3.8, 4) is 16.9 Å². The molecule has 4 aromatic rings. The summed E-state index contributed by atoms with van der Waals surface area (Å²) in [5.41, 5.74) is 4.51. The molecule has 0 atom stereocenters. The van der Waals surface area contributed by atoms with E-state index in [9.17, 15) is 0 Å². The number of benzene rings is 3. The molecule has 0 aliphatic carbocycles. The molecule has 0 saturated heterocycles. The van der Waals surface area contributed by atoms with Gasteiger partial charge in [0.15, 0.2) is 0 Å². The molecule has 0 bridgehead atoms. The first kappa shape index (κ1) is 15.0. The number of hydrogen-bond acceptors (Lipinski definition) is 3. The van der Waals surface area contributed by atoms with Crippen LogP contribution < -0.4 is 0 Å². The van der Waals surface area contributed by atoms with Gasteiger partial charge in [-0.05, 0) is 24.3 Å². The molecule has 0 amide bonds. The topological polar surface area (TPSA) is 42.5 Å². The summed E-state index contributed by atoms with van der Waals surface area (Å²) in [6.07, 6.45) is 1.75. The average Bonchev–Trinajstić information content (AvgIpc) is 3.12. The summed E-state index contributed by atoms with van der Waals surface area (Å²) in [6.45, 7) is 0. The Labute approximate surface area is 146 Å². The van der Waals surface area contributed by atoms with Crippen molar-refractivity contribution in [2.24, 2.45) is 10.2 Å². The van der Waals surface area contributed by atoms with Gasteiger partial charge in [-0.1, -0.05) is 66.7 Å². The molecule has 0 radical (unpaired) electrons. The second-order valence-corrected chi connectivity index (χ2v) is 5.53. The molecule has 4 heteroatoms. The molecule has 0 saturated carbocycles. The van der Waals surface area contributed by atoms with Gasteiger partial charge < -0.3 is 0 Å². The summed E-state index contributed by atoms with van der Waals surface area (Å²) in [5, 5.41) is 13.3. The number of rotatable bonds is 4. The van der Waals surface area contributed by atoms with Crippen LogP contribution in [0.15, 0.2) is 107 Å². The predicted molar refractivity (Wildman–Crippen MR) is 99.6 cm³/mol. The maximum atomic E-state index is 4.54. The van der Waals surface area contributed by atoms with Gasteiger partial charge in [-0.2, -0.15) is 10.2 Å². The Kier molecular flexibility index (Phi) is 4.16. The molecule has 0 aliphatic rings. The summed E-state index contributed by atoms with van der Waals surface area (Å²) in [5.74, 6) is 0. The zero-order valence-electron chi connectivity index (χ0n) is 13.5. The summed E-state index contributed by atoms with van der Waals surface area (Å²) in [4.78, 5) is 0. The number of hydrogen-bond donors (Lipinski definition) is 0. The fourth-order valence-corrected chi connectivity index (χ4v) is 2.65. The number of aromatic nitrogens is 2. The van der Waals surface area contributed by atoms with Crippen molar-refractivity contribution in [3.05, 3.63) is 97.2 Å². The lowest BCUT2D eigenvalue weighted by Crippen LogP contribution is -1.98. The first-order chi connectivity index (χ1) is 12.4. The van der Waals surface area contributed by atoms with Crippen molar-refractivity contribution in [1.29, 1.82) is 0 Å². The van der Waals surface area contributed by atoms with Gasteiger partial charge in [-0.25, -0.2) is 4.68 Å². The van der Waals surface area contributed by atoms with Crippen LogP contribution in [-0.2, 0) is 0 Å². The Morgan fingerprint density at radius 1 is 0.640 bits per heavy atom. The van der Waals surface area contributed by atoms with E-state index >= 15 is 0 Å². The molecule has 0 unspecified atom stereocenters. The van der Waals surface area contributed by atoms with E-state index in [1.54, 1.807) is 6.20 Å². The Bertz CT molecular complexity index is 974. The van der Waals surface area contributed by atoms with Crippen LogP contribution in [0.2, 0.25) is 0 Å². The van der Waals surface area contributed by atoms with Crippen LogP contribution >= 0.6 is 0 Å². The first-order valence-corrected chi connectivity index (χ1v) is 8.07. The lowest BCUT2D eigenvalue weighted by molar-refractivity contribution is 0.888. The SMILES string of the molecule is c1ccc(N=Nc2cnn(-c3ccccc3)c2-c2ccccc2)cc1. The minimum atomic E-state index is 0.735. The Hall–Kier alpha value is -3.53. The monoisotopic (exact) mass is 324 g/mol. The van der Waals surface area contributed by atoms with Crippen molar-refractivity contribution in [2.75, 3.05) is 0 Å². The highest BCUT2D eigenvalue weighted by Gasteiger charge is 2.14. The van der Waals surface area contributed by atoms with Gasteiger partial charge in [0, 0.05) is 5.56 Å². The first-order valence-electron chi connectivity index (χ1n) is 8.07. The van der Waals surface area contributed by atoms with E-state index in [2.05, 4.69) is 27.5 Å². The highest BCUT2D eigenvalue weighted by Crippen LogP contribution is 2.33. The van der Waals surface area contributed by atoms with Crippen LogP contribution in [0.1, 0.15) is 0 Å². The minimum absolute atomic E-state index is 0.735. The van der Waals surface area contributed by atoms with Crippen LogP contribution in [0.25, 0.3) is 16.9 Å². The van der Waals surface area contributed by atoms with E-state index < -0.39 is 0 Å². The molecule has 3 aromatic carbocycles. The molecule has 0 fully saturated rings. The van der Waals surface area contributed by atoms with E-state index in [0.717, 1.165) is 28.3 Å². The predicted octanol–water partition coefficient (Wildman–Crippen LogP) is 5.95. The maximum Gasteiger partial charge on any atom is 0.132 e. The zero-order chi connectivity index (χ0) is 16.9. The molecule has 0 aliphatic heterocycles. The van der Waals surface area contributed by atoms with Gasteiger partial charge in [0.05, 0.1) is 17.6 Å². The summed E-state index contributed by atoms with van der Waals surface area (Å²) < 4.78 is 1.90. The number of para-hydroxylation sites is 1. The number of nitrogens with zero attached hydrogens (tertiary/aromatic N) is 4. The minimum Gasteiger partial charge on any atom is -0.231 e. The molecule has 4 nitrogen and oxygen atoms in total. The van der Waals surface area contributed by atoms with Crippen molar-refractivity contribution < 1.29 is 0 Å². The largest absolute Gasteiger partial charge is 0.231 e. The fraction of sp³-hybridized carbons (Fsp3) is 0. The quantitative estimate of drug-likeness (QED) is 0.427. The lowest BCUT2D eigenvalue weighted by atomic mass is 10.1. The summed E-state index contributed by atoms with van der Waals surface area (Å²) in [7, 11) is 0. The second kappa shape index (κ2) is 6.93. The van der Waals surface area contributed by atoms with Crippen LogP contribution in [-0.4, -0.2) is 9.78 Å². The van der Waals surface area contributed by atoms with Crippen molar-refractivity contribution in [3.63, 3.8) is 0 Å². The molecular formula is C21H16N4. The van der Waals surface area contributed by atoms with Crippen molar-refractivity contribution in [2.45, 2.75) is 0 Å². The highest BCUT2D eigenvalue weighted by molar-refractivity contribution is 5.73. The standard InChI is InChI=1S/C21H16N4/c1-4-10-17(11-5-1)21-20(24-23-18-12-6-2-7-13-18)16-22-25(21)19-14-8-3-9-15-19/h1-16H. The third-order valence-corrected chi connectivity index (χ3v) is 3.83. The van der Waals surface area contributed by atoms with E-state index in [4.69, 9.17) is 0 Å². The zero-order valence-corrected chi connectivity index (χ0v) is 13.5. The molecule has 1 aromatic heterocycles. The van der Waals surface area contributed by atoms with Crippen LogP contribution in [0, 0.1) is 0 Å². The van der Waals surface area contributed by atoms with Crippen LogP contribution in [0.4, 0.5) is 11.4 Å². The summed E-state index contributed by atoms with van der Waals surface area (Å²) >= 11 is 0. The molecule has 25 heavy (non-hydrogen) atoms. The van der Waals surface area contributed by atoms with Gasteiger partial charge in [-0.15, -0.1) is 5.11 Å². The van der Waals surface area contributed by atoms with Crippen molar-refractivity contribution >= 4 is 11.4 Å². The Morgan fingerprint density at radius 2 is 1.24 bits per heavy atom. The van der Waals surface area contributed by atoms with Gasteiger partial charge in [0.2, 0.25) is 0 Å².